The topological polar surface area (TPSA) is 21.1 Å². The first-order chi connectivity index (χ1) is 10.8. The molecule has 1 aliphatic carbocycles. The summed E-state index contributed by atoms with van der Waals surface area (Å²) in [6, 6.07) is 9.03. The minimum absolute atomic E-state index is 0.569. The molecule has 116 valence electrons. The van der Waals surface area contributed by atoms with Crippen molar-refractivity contribution in [2.24, 2.45) is 5.92 Å². The van der Waals surface area contributed by atoms with Crippen molar-refractivity contribution >= 4 is 15.9 Å². The van der Waals surface area contributed by atoms with Crippen LogP contribution >= 0.6 is 15.9 Å². The van der Waals surface area contributed by atoms with E-state index in [0.717, 1.165) is 10.4 Å². The molecule has 2 aliphatic rings. The molecular weight excluding hydrogens is 338 g/mol. The van der Waals surface area contributed by atoms with Gasteiger partial charge in [-0.25, -0.2) is 0 Å². The van der Waals surface area contributed by atoms with E-state index in [9.17, 15) is 0 Å². The fourth-order valence-electron chi connectivity index (χ4n) is 3.36. The third-order valence-corrected chi connectivity index (χ3v) is 5.45. The molecule has 22 heavy (non-hydrogen) atoms. The summed E-state index contributed by atoms with van der Waals surface area (Å²) in [4.78, 5) is 2.65. The molecule has 0 unspecified atom stereocenters. The number of rotatable bonds is 4. The van der Waals surface area contributed by atoms with E-state index in [1.54, 1.807) is 0 Å². The van der Waals surface area contributed by atoms with Crippen LogP contribution in [0.2, 0.25) is 0 Å². The minimum Gasteiger partial charge on any atom is -0.303 e. The van der Waals surface area contributed by atoms with Gasteiger partial charge >= 0.3 is 0 Å². The van der Waals surface area contributed by atoms with Crippen LogP contribution in [0.5, 0.6) is 0 Å². The predicted molar refractivity (Wildman–Crippen MR) is 92.8 cm³/mol. The molecule has 2 aromatic rings. The lowest BCUT2D eigenvalue weighted by Gasteiger charge is -2.32. The lowest BCUT2D eigenvalue weighted by Crippen LogP contribution is -2.36. The number of piperidine rings is 1. The van der Waals surface area contributed by atoms with Crippen molar-refractivity contribution in [2.75, 3.05) is 19.6 Å². The molecule has 1 aromatic heterocycles. The van der Waals surface area contributed by atoms with E-state index in [1.807, 2.05) is 6.20 Å². The first kappa shape index (κ1) is 14.5. The number of hydrogen-bond acceptors (Lipinski definition) is 2. The molecule has 0 amide bonds. The Morgan fingerprint density at radius 3 is 2.41 bits per heavy atom. The predicted octanol–water partition coefficient (Wildman–Crippen LogP) is 4.36. The minimum atomic E-state index is 0.569. The number of nitrogens with zero attached hydrogens (tertiary/aromatic N) is 3. The molecule has 0 bridgehead atoms. The molecule has 2 fully saturated rings. The van der Waals surface area contributed by atoms with Crippen LogP contribution in [-0.2, 0) is 0 Å². The Morgan fingerprint density at radius 2 is 1.73 bits per heavy atom. The third-order valence-electron chi connectivity index (χ3n) is 4.92. The van der Waals surface area contributed by atoms with E-state index < -0.39 is 0 Å². The Balaban J connectivity index is 1.40. The summed E-state index contributed by atoms with van der Waals surface area (Å²) >= 11 is 3.49. The number of hydrogen-bond donors (Lipinski definition) is 0. The molecule has 0 radical (unpaired) electrons. The molecule has 1 saturated heterocycles. The van der Waals surface area contributed by atoms with E-state index in [2.05, 4.69) is 61.1 Å². The van der Waals surface area contributed by atoms with Crippen molar-refractivity contribution in [3.05, 3.63) is 41.1 Å². The first-order valence-electron chi connectivity index (χ1n) is 8.30. The fourth-order valence-corrected chi connectivity index (χ4v) is 3.63. The number of likely N-dealkylation sites (tertiary alicyclic amines) is 1. The van der Waals surface area contributed by atoms with Gasteiger partial charge in [0, 0.05) is 35.9 Å². The van der Waals surface area contributed by atoms with Gasteiger partial charge in [-0.3, -0.25) is 4.68 Å². The number of benzene rings is 1. The normalized spacial score (nSPS) is 20.4. The van der Waals surface area contributed by atoms with Crippen LogP contribution in [0, 0.1) is 5.92 Å². The van der Waals surface area contributed by atoms with Gasteiger partial charge < -0.3 is 4.90 Å². The average Bonchev–Trinajstić information content (AvgIpc) is 3.22. The van der Waals surface area contributed by atoms with Gasteiger partial charge in [0.15, 0.2) is 0 Å². The van der Waals surface area contributed by atoms with Crippen LogP contribution in [0.15, 0.2) is 41.1 Å². The Bertz CT molecular complexity index is 622. The maximum atomic E-state index is 4.62. The molecule has 1 saturated carbocycles. The van der Waals surface area contributed by atoms with E-state index in [0.29, 0.717) is 6.04 Å². The van der Waals surface area contributed by atoms with Gasteiger partial charge in [-0.2, -0.15) is 5.10 Å². The summed E-state index contributed by atoms with van der Waals surface area (Å²) in [5, 5.41) is 4.62. The molecule has 3 nitrogen and oxygen atoms in total. The molecule has 1 aliphatic heterocycles. The largest absolute Gasteiger partial charge is 0.303 e. The highest BCUT2D eigenvalue weighted by atomic mass is 79.9. The maximum Gasteiger partial charge on any atom is 0.0568 e. The summed E-state index contributed by atoms with van der Waals surface area (Å²) in [6.07, 6.45) is 9.58. The monoisotopic (exact) mass is 359 g/mol. The molecule has 0 atom stereocenters. The summed E-state index contributed by atoms with van der Waals surface area (Å²) < 4.78 is 3.30. The summed E-state index contributed by atoms with van der Waals surface area (Å²) in [5.74, 6) is 1.00. The van der Waals surface area contributed by atoms with E-state index in [4.69, 9.17) is 0 Å². The van der Waals surface area contributed by atoms with Gasteiger partial charge in [0.2, 0.25) is 0 Å². The maximum absolute atomic E-state index is 4.62. The standard InChI is InChI=1S/C18H22BrN3/c19-17-5-3-15(4-6-17)16-11-20-22(13-16)18-7-9-21(10-8-18)12-14-1-2-14/h3-6,11,13-14,18H,1-2,7-10,12H2. The SMILES string of the molecule is Brc1ccc(-c2cnn(C3CCN(CC4CC4)CC3)c2)cc1. The Hall–Kier alpha value is -1.13. The lowest BCUT2D eigenvalue weighted by molar-refractivity contribution is 0.174. The Morgan fingerprint density at radius 1 is 1.00 bits per heavy atom. The highest BCUT2D eigenvalue weighted by Gasteiger charge is 2.27. The number of aromatic nitrogens is 2. The highest BCUT2D eigenvalue weighted by Crippen LogP contribution is 2.32. The van der Waals surface area contributed by atoms with Crippen LogP contribution in [-0.4, -0.2) is 34.3 Å². The van der Waals surface area contributed by atoms with Gasteiger partial charge in [-0.05, 0) is 49.3 Å². The van der Waals surface area contributed by atoms with Gasteiger partial charge in [0.25, 0.3) is 0 Å². The van der Waals surface area contributed by atoms with Crippen molar-refractivity contribution in [1.29, 1.82) is 0 Å². The Labute approximate surface area is 140 Å². The van der Waals surface area contributed by atoms with Crippen LogP contribution in [0.1, 0.15) is 31.7 Å². The second-order valence-corrected chi connectivity index (χ2v) is 7.61. The summed E-state index contributed by atoms with van der Waals surface area (Å²) in [5.41, 5.74) is 2.45. The van der Waals surface area contributed by atoms with Gasteiger partial charge in [-0.15, -0.1) is 0 Å². The second-order valence-electron chi connectivity index (χ2n) is 6.69. The van der Waals surface area contributed by atoms with Crippen LogP contribution in [0.3, 0.4) is 0 Å². The summed E-state index contributed by atoms with van der Waals surface area (Å²) in [7, 11) is 0. The van der Waals surface area contributed by atoms with E-state index in [1.165, 1.54) is 56.4 Å². The van der Waals surface area contributed by atoms with Crippen LogP contribution < -0.4 is 0 Å². The third kappa shape index (κ3) is 3.28. The van der Waals surface area contributed by atoms with Crippen molar-refractivity contribution < 1.29 is 0 Å². The molecule has 0 spiro atoms. The van der Waals surface area contributed by atoms with Gasteiger partial charge in [0.05, 0.1) is 12.2 Å². The van der Waals surface area contributed by atoms with Gasteiger partial charge in [-0.1, -0.05) is 28.1 Å². The zero-order valence-corrected chi connectivity index (χ0v) is 14.4. The Kier molecular flexibility index (Phi) is 4.05. The van der Waals surface area contributed by atoms with Crippen LogP contribution in [0.25, 0.3) is 11.1 Å². The van der Waals surface area contributed by atoms with Crippen molar-refractivity contribution in [1.82, 2.24) is 14.7 Å². The van der Waals surface area contributed by atoms with Crippen LogP contribution in [0.4, 0.5) is 0 Å². The van der Waals surface area contributed by atoms with Crippen molar-refractivity contribution in [3.8, 4) is 11.1 Å². The van der Waals surface area contributed by atoms with Crippen molar-refractivity contribution in [2.45, 2.75) is 31.7 Å². The molecule has 4 rings (SSSR count). The highest BCUT2D eigenvalue weighted by molar-refractivity contribution is 9.10. The molecule has 4 heteroatoms. The van der Waals surface area contributed by atoms with E-state index in [-0.39, 0.29) is 0 Å². The molecule has 0 N–H and O–H groups in total. The molecule has 1 aromatic carbocycles. The molecular formula is C18H22BrN3. The zero-order valence-electron chi connectivity index (χ0n) is 12.8. The second kappa shape index (κ2) is 6.17. The van der Waals surface area contributed by atoms with Crippen molar-refractivity contribution in [3.63, 3.8) is 0 Å². The quantitative estimate of drug-likeness (QED) is 0.808. The average molecular weight is 360 g/mol. The smallest absolute Gasteiger partial charge is 0.0568 e. The zero-order chi connectivity index (χ0) is 14.9. The molecule has 2 heterocycles. The first-order valence-corrected chi connectivity index (χ1v) is 9.10. The lowest BCUT2D eigenvalue weighted by atomic mass is 10.0. The van der Waals surface area contributed by atoms with Gasteiger partial charge in [0.1, 0.15) is 0 Å². The fraction of sp³-hybridized carbons (Fsp3) is 0.500. The number of halogens is 1. The van der Waals surface area contributed by atoms with E-state index >= 15 is 0 Å². The summed E-state index contributed by atoms with van der Waals surface area (Å²) in [6.45, 7) is 3.79.